The van der Waals surface area contributed by atoms with E-state index in [4.69, 9.17) is 9.47 Å². The minimum absolute atomic E-state index is 0.0601. The van der Waals surface area contributed by atoms with Gasteiger partial charge in [0, 0.05) is 42.6 Å². The maximum Gasteiger partial charge on any atom is 0.227 e. The van der Waals surface area contributed by atoms with Gasteiger partial charge < -0.3 is 14.4 Å². The predicted octanol–water partition coefficient (Wildman–Crippen LogP) is 0.744. The third-order valence-corrected chi connectivity index (χ3v) is 6.99. The first kappa shape index (κ1) is 15.7. The van der Waals surface area contributed by atoms with Crippen LogP contribution in [-0.4, -0.2) is 57.0 Å². The van der Waals surface area contributed by atoms with E-state index in [0.717, 1.165) is 41.0 Å². The molecule has 6 nitrogen and oxygen atoms in total. The van der Waals surface area contributed by atoms with Gasteiger partial charge in [0.1, 0.15) is 11.5 Å². The fourth-order valence-corrected chi connectivity index (χ4v) is 5.61. The molecule has 1 aromatic rings. The lowest BCUT2D eigenvalue weighted by molar-refractivity contribution is -0.130. The average Bonchev–Trinajstić information content (AvgIpc) is 3.24. The molecule has 0 N–H and O–H groups in total. The molecule has 3 aliphatic heterocycles. The van der Waals surface area contributed by atoms with E-state index in [1.807, 2.05) is 6.07 Å². The van der Waals surface area contributed by atoms with Crippen molar-refractivity contribution in [1.29, 1.82) is 0 Å². The lowest BCUT2D eigenvalue weighted by Gasteiger charge is -2.24. The zero-order valence-electron chi connectivity index (χ0n) is 13.7. The van der Waals surface area contributed by atoms with E-state index in [1.54, 1.807) is 11.9 Å². The van der Waals surface area contributed by atoms with E-state index < -0.39 is 9.84 Å². The second-order valence-electron chi connectivity index (χ2n) is 6.76. The Labute approximate surface area is 141 Å². The first-order chi connectivity index (χ1) is 11.4. The van der Waals surface area contributed by atoms with Gasteiger partial charge in [-0.2, -0.15) is 0 Å². The van der Waals surface area contributed by atoms with Crippen molar-refractivity contribution in [2.45, 2.75) is 31.7 Å². The summed E-state index contributed by atoms with van der Waals surface area (Å²) in [7, 11) is -1.30. The Hall–Kier alpha value is -1.76. The van der Waals surface area contributed by atoms with Crippen LogP contribution in [0, 0.1) is 0 Å². The average molecular weight is 351 g/mol. The molecule has 3 aliphatic rings. The normalized spacial score (nSPS) is 23.3. The molecule has 0 aliphatic carbocycles. The molecule has 0 saturated carbocycles. The summed E-state index contributed by atoms with van der Waals surface area (Å²) in [6.45, 7) is 1.27. The molecule has 1 unspecified atom stereocenters. The highest BCUT2D eigenvalue weighted by atomic mass is 32.2. The highest BCUT2D eigenvalue weighted by molar-refractivity contribution is 7.91. The van der Waals surface area contributed by atoms with E-state index in [-0.39, 0.29) is 29.9 Å². The number of sulfone groups is 1. The highest BCUT2D eigenvalue weighted by Crippen LogP contribution is 2.41. The molecule has 0 aromatic heterocycles. The molecule has 0 spiro atoms. The largest absolute Gasteiger partial charge is 0.493 e. The van der Waals surface area contributed by atoms with Crippen molar-refractivity contribution >= 4 is 15.7 Å². The van der Waals surface area contributed by atoms with Crippen molar-refractivity contribution < 1.29 is 22.7 Å². The molecule has 130 valence electrons. The number of fused-ring (bicyclic) bond motifs is 2. The van der Waals surface area contributed by atoms with E-state index in [1.165, 1.54) is 0 Å². The Morgan fingerprint density at radius 3 is 2.83 bits per heavy atom. The number of hydrogen-bond acceptors (Lipinski definition) is 5. The predicted molar refractivity (Wildman–Crippen MR) is 88.4 cm³/mol. The molecule has 0 radical (unpaired) electrons. The molecule has 7 heteroatoms. The second kappa shape index (κ2) is 5.65. The minimum Gasteiger partial charge on any atom is -0.493 e. The standard InChI is InChI=1S/C17H21NO5S/c1-18(12-4-7-24(20,21)10-12)16(19)9-14-13-3-6-22-15(13)8-11-2-5-23-17(11)14/h8,12H,2-7,9-10H2,1H3. The zero-order chi connectivity index (χ0) is 16.9. The maximum absolute atomic E-state index is 12.7. The summed E-state index contributed by atoms with van der Waals surface area (Å²) in [5.74, 6) is 1.88. The Kier molecular flexibility index (Phi) is 3.71. The summed E-state index contributed by atoms with van der Waals surface area (Å²) in [5.41, 5.74) is 3.09. The summed E-state index contributed by atoms with van der Waals surface area (Å²) in [5, 5.41) is 0. The molecular formula is C17H21NO5S. The lowest BCUT2D eigenvalue weighted by Crippen LogP contribution is -2.38. The van der Waals surface area contributed by atoms with Crippen LogP contribution in [0.4, 0.5) is 0 Å². The van der Waals surface area contributed by atoms with E-state index in [2.05, 4.69) is 0 Å². The number of rotatable bonds is 3. The van der Waals surface area contributed by atoms with Crippen LogP contribution < -0.4 is 9.47 Å². The van der Waals surface area contributed by atoms with Gasteiger partial charge in [-0.15, -0.1) is 0 Å². The number of amides is 1. The zero-order valence-corrected chi connectivity index (χ0v) is 14.5. The van der Waals surface area contributed by atoms with Gasteiger partial charge in [0.2, 0.25) is 5.91 Å². The topological polar surface area (TPSA) is 72.9 Å². The number of hydrogen-bond donors (Lipinski definition) is 0. The van der Waals surface area contributed by atoms with Crippen LogP contribution in [0.25, 0.3) is 0 Å². The van der Waals surface area contributed by atoms with Gasteiger partial charge in [0.15, 0.2) is 9.84 Å². The number of carbonyl (C=O) groups excluding carboxylic acids is 1. The Balaban J connectivity index is 1.59. The van der Waals surface area contributed by atoms with Crippen LogP contribution in [-0.2, 0) is 33.9 Å². The molecular weight excluding hydrogens is 330 g/mol. The number of benzene rings is 1. The van der Waals surface area contributed by atoms with Crippen LogP contribution >= 0.6 is 0 Å². The van der Waals surface area contributed by atoms with Gasteiger partial charge in [0.05, 0.1) is 31.1 Å². The van der Waals surface area contributed by atoms with Crippen molar-refractivity contribution in [3.8, 4) is 11.5 Å². The first-order valence-electron chi connectivity index (χ1n) is 8.34. The fourth-order valence-electron chi connectivity index (χ4n) is 3.83. The molecule has 1 atom stereocenters. The van der Waals surface area contributed by atoms with Gasteiger partial charge in [-0.25, -0.2) is 8.42 Å². The van der Waals surface area contributed by atoms with E-state index >= 15 is 0 Å². The quantitative estimate of drug-likeness (QED) is 0.803. The first-order valence-corrected chi connectivity index (χ1v) is 10.2. The summed E-state index contributed by atoms with van der Waals surface area (Å²) < 4.78 is 34.8. The molecule has 1 saturated heterocycles. The molecule has 1 amide bonds. The number of nitrogens with zero attached hydrogens (tertiary/aromatic N) is 1. The van der Waals surface area contributed by atoms with Gasteiger partial charge in [0.25, 0.3) is 0 Å². The highest BCUT2D eigenvalue weighted by Gasteiger charge is 2.34. The Morgan fingerprint density at radius 1 is 1.29 bits per heavy atom. The molecule has 3 heterocycles. The summed E-state index contributed by atoms with van der Waals surface area (Å²) in [4.78, 5) is 14.3. The van der Waals surface area contributed by atoms with Crippen molar-refractivity contribution in [3.63, 3.8) is 0 Å². The monoisotopic (exact) mass is 351 g/mol. The smallest absolute Gasteiger partial charge is 0.227 e. The summed E-state index contributed by atoms with van der Waals surface area (Å²) in [6.07, 6.45) is 2.39. The van der Waals surface area contributed by atoms with Crippen molar-refractivity contribution in [2.24, 2.45) is 0 Å². The number of carbonyl (C=O) groups is 1. The van der Waals surface area contributed by atoms with E-state index in [0.29, 0.717) is 19.6 Å². The fraction of sp³-hybridized carbons (Fsp3) is 0.588. The molecule has 0 bridgehead atoms. The lowest BCUT2D eigenvalue weighted by atomic mass is 9.96. The van der Waals surface area contributed by atoms with Crippen molar-refractivity contribution in [3.05, 3.63) is 22.8 Å². The number of ether oxygens (including phenoxy) is 2. The third kappa shape index (κ3) is 2.64. The van der Waals surface area contributed by atoms with Gasteiger partial charge in [-0.1, -0.05) is 0 Å². The van der Waals surface area contributed by atoms with E-state index in [9.17, 15) is 13.2 Å². The second-order valence-corrected chi connectivity index (χ2v) is 8.98. The summed E-state index contributed by atoms with van der Waals surface area (Å²) >= 11 is 0. The van der Waals surface area contributed by atoms with Crippen LogP contribution in [0.2, 0.25) is 0 Å². The Morgan fingerprint density at radius 2 is 2.08 bits per heavy atom. The molecule has 1 aromatic carbocycles. The van der Waals surface area contributed by atoms with Crippen molar-refractivity contribution in [1.82, 2.24) is 4.90 Å². The van der Waals surface area contributed by atoms with Crippen molar-refractivity contribution in [2.75, 3.05) is 31.8 Å². The van der Waals surface area contributed by atoms with Crippen LogP contribution in [0.1, 0.15) is 23.1 Å². The summed E-state index contributed by atoms with van der Waals surface area (Å²) in [6, 6.07) is 1.82. The van der Waals surface area contributed by atoms with Crippen LogP contribution in [0.15, 0.2) is 6.07 Å². The molecule has 1 fully saturated rings. The van der Waals surface area contributed by atoms with Crippen LogP contribution in [0.3, 0.4) is 0 Å². The number of likely N-dealkylation sites (N-methyl/N-ethyl adjacent to an activating group) is 1. The van der Waals surface area contributed by atoms with Gasteiger partial charge >= 0.3 is 0 Å². The SMILES string of the molecule is CN(C(=O)Cc1c2c(cc3c1OCC3)OCC2)C1CCS(=O)(=O)C1. The molecule has 4 rings (SSSR count). The van der Waals surface area contributed by atoms with Crippen LogP contribution in [0.5, 0.6) is 11.5 Å². The minimum atomic E-state index is -3.00. The van der Waals surface area contributed by atoms with Gasteiger partial charge in [-0.3, -0.25) is 4.79 Å². The van der Waals surface area contributed by atoms with Gasteiger partial charge in [-0.05, 0) is 12.5 Å². The maximum atomic E-state index is 12.7. The molecule has 24 heavy (non-hydrogen) atoms. The Bertz CT molecular complexity index is 769. The third-order valence-electron chi connectivity index (χ3n) is 5.24.